The molecule has 2 fully saturated rings. The van der Waals surface area contributed by atoms with E-state index in [-0.39, 0.29) is 24.3 Å². The van der Waals surface area contributed by atoms with Gasteiger partial charge in [0.15, 0.2) is 0 Å². The van der Waals surface area contributed by atoms with Gasteiger partial charge in [0.2, 0.25) is 0 Å². The largest absolute Gasteiger partial charge is 0.444 e. The van der Waals surface area contributed by atoms with Crippen molar-refractivity contribution < 1.29 is 14.6 Å². The van der Waals surface area contributed by atoms with E-state index >= 15 is 0 Å². The van der Waals surface area contributed by atoms with Crippen molar-refractivity contribution in [2.45, 2.75) is 70.2 Å². The summed E-state index contributed by atoms with van der Waals surface area (Å²) < 4.78 is 5.40. The van der Waals surface area contributed by atoms with E-state index in [4.69, 9.17) is 4.74 Å². The second kappa shape index (κ2) is 3.91. The predicted molar refractivity (Wildman–Crippen MR) is 60.1 cm³/mol. The van der Waals surface area contributed by atoms with Gasteiger partial charge >= 0.3 is 6.09 Å². The Morgan fingerprint density at radius 1 is 1.25 bits per heavy atom. The zero-order valence-corrected chi connectivity index (χ0v) is 10.3. The summed E-state index contributed by atoms with van der Waals surface area (Å²) in [5.41, 5.74) is -0.438. The first-order valence-corrected chi connectivity index (χ1v) is 6.06. The number of fused-ring (bicyclic) bond motifs is 2. The molecule has 1 amide bonds. The highest BCUT2D eigenvalue weighted by molar-refractivity contribution is 5.69. The molecule has 3 atom stereocenters. The summed E-state index contributed by atoms with van der Waals surface area (Å²) in [6, 6.07) is 0.368. The van der Waals surface area contributed by atoms with Gasteiger partial charge < -0.3 is 14.7 Å². The number of ether oxygens (including phenoxy) is 1. The average molecular weight is 227 g/mol. The molecule has 2 aliphatic heterocycles. The Morgan fingerprint density at radius 3 is 2.19 bits per heavy atom. The molecule has 0 aromatic carbocycles. The van der Waals surface area contributed by atoms with Gasteiger partial charge in [0.1, 0.15) is 5.60 Å². The molecule has 1 N–H and O–H groups in total. The standard InChI is InChI=1S/C12H21NO3/c1-12(2,3)16-11(15)13-8-4-5-9(13)7-10(14)6-8/h8-10,14H,4-7H2,1-3H3/t8-,9?,10?/m1/s1. The molecule has 0 aliphatic carbocycles. The third-order valence-corrected chi connectivity index (χ3v) is 3.31. The van der Waals surface area contributed by atoms with E-state index in [0.717, 1.165) is 12.8 Å². The van der Waals surface area contributed by atoms with Crippen LogP contribution in [-0.2, 0) is 4.74 Å². The molecule has 16 heavy (non-hydrogen) atoms. The summed E-state index contributed by atoms with van der Waals surface area (Å²) in [6.45, 7) is 5.64. The van der Waals surface area contributed by atoms with Crippen LogP contribution in [0.2, 0.25) is 0 Å². The van der Waals surface area contributed by atoms with E-state index in [2.05, 4.69) is 0 Å². The van der Waals surface area contributed by atoms with Crippen LogP contribution in [0.3, 0.4) is 0 Å². The van der Waals surface area contributed by atoms with Gasteiger partial charge in [0.05, 0.1) is 6.10 Å². The minimum Gasteiger partial charge on any atom is -0.444 e. The molecular weight excluding hydrogens is 206 g/mol. The fraction of sp³-hybridized carbons (Fsp3) is 0.917. The molecule has 2 saturated heterocycles. The molecular formula is C12H21NO3. The number of hydrogen-bond acceptors (Lipinski definition) is 3. The maximum atomic E-state index is 12.0. The monoisotopic (exact) mass is 227 g/mol. The van der Waals surface area contributed by atoms with Crippen LogP contribution < -0.4 is 0 Å². The van der Waals surface area contributed by atoms with E-state index in [1.807, 2.05) is 25.7 Å². The van der Waals surface area contributed by atoms with Crippen molar-refractivity contribution in [1.29, 1.82) is 0 Å². The zero-order chi connectivity index (χ0) is 11.9. The molecule has 2 heterocycles. The third kappa shape index (κ3) is 2.32. The fourth-order valence-electron chi connectivity index (χ4n) is 2.76. The highest BCUT2D eigenvalue weighted by atomic mass is 16.6. The smallest absolute Gasteiger partial charge is 0.410 e. The van der Waals surface area contributed by atoms with Crippen LogP contribution >= 0.6 is 0 Å². The summed E-state index contributed by atoms with van der Waals surface area (Å²) in [5.74, 6) is 0. The van der Waals surface area contributed by atoms with Gasteiger partial charge in [-0.2, -0.15) is 0 Å². The Bertz CT molecular complexity index is 270. The van der Waals surface area contributed by atoms with Gasteiger partial charge in [-0.25, -0.2) is 4.79 Å². The van der Waals surface area contributed by atoms with Crippen molar-refractivity contribution >= 4 is 6.09 Å². The Labute approximate surface area is 96.6 Å². The van der Waals surface area contributed by atoms with Gasteiger partial charge in [0.25, 0.3) is 0 Å². The number of carbonyl (C=O) groups excluding carboxylic acids is 1. The lowest BCUT2D eigenvalue weighted by atomic mass is 10.0. The number of aliphatic hydroxyl groups is 1. The van der Waals surface area contributed by atoms with Gasteiger partial charge in [-0.3, -0.25) is 0 Å². The van der Waals surface area contributed by atoms with Crippen molar-refractivity contribution in [1.82, 2.24) is 4.90 Å². The van der Waals surface area contributed by atoms with Crippen molar-refractivity contribution in [2.75, 3.05) is 0 Å². The van der Waals surface area contributed by atoms with Crippen LogP contribution in [-0.4, -0.2) is 39.9 Å². The number of piperidine rings is 1. The molecule has 4 nitrogen and oxygen atoms in total. The van der Waals surface area contributed by atoms with E-state index in [1.54, 1.807) is 0 Å². The van der Waals surface area contributed by atoms with Crippen LogP contribution in [0.25, 0.3) is 0 Å². The molecule has 4 heteroatoms. The molecule has 0 aromatic rings. The molecule has 0 saturated carbocycles. The molecule has 2 bridgehead atoms. The van der Waals surface area contributed by atoms with Crippen LogP contribution in [0.5, 0.6) is 0 Å². The topological polar surface area (TPSA) is 49.8 Å². The first kappa shape index (κ1) is 11.7. The second-order valence-corrected chi connectivity index (χ2v) is 5.90. The van der Waals surface area contributed by atoms with E-state index < -0.39 is 5.60 Å². The maximum Gasteiger partial charge on any atom is 0.410 e. The quantitative estimate of drug-likeness (QED) is 0.687. The average Bonchev–Trinajstić information content (AvgIpc) is 2.36. The van der Waals surface area contributed by atoms with Crippen molar-refractivity contribution in [3.8, 4) is 0 Å². The SMILES string of the molecule is CC(C)(C)OC(=O)N1C2CC[C@@H]1CC(O)C2. The number of amides is 1. The van der Waals surface area contributed by atoms with Crippen molar-refractivity contribution in [3.63, 3.8) is 0 Å². The summed E-state index contributed by atoms with van der Waals surface area (Å²) >= 11 is 0. The number of nitrogens with zero attached hydrogens (tertiary/aromatic N) is 1. The lowest BCUT2D eigenvalue weighted by Gasteiger charge is -2.37. The lowest BCUT2D eigenvalue weighted by molar-refractivity contribution is -0.0110. The number of carbonyl (C=O) groups is 1. The first-order valence-electron chi connectivity index (χ1n) is 6.06. The Kier molecular flexibility index (Phi) is 2.86. The van der Waals surface area contributed by atoms with E-state index in [0.29, 0.717) is 12.8 Å². The molecule has 0 aromatic heterocycles. The van der Waals surface area contributed by atoms with Crippen molar-refractivity contribution in [3.05, 3.63) is 0 Å². The molecule has 2 aliphatic rings. The van der Waals surface area contributed by atoms with Gasteiger partial charge in [-0.1, -0.05) is 0 Å². The highest BCUT2D eigenvalue weighted by Gasteiger charge is 2.44. The predicted octanol–water partition coefficient (Wildman–Crippen LogP) is 1.91. The minimum atomic E-state index is -0.438. The first-order chi connectivity index (χ1) is 7.37. The number of rotatable bonds is 0. The van der Waals surface area contributed by atoms with Crippen molar-refractivity contribution in [2.24, 2.45) is 0 Å². The summed E-state index contributed by atoms with van der Waals surface area (Å²) in [7, 11) is 0. The Balaban J connectivity index is 2.03. The molecule has 0 spiro atoms. The number of hydrogen-bond donors (Lipinski definition) is 1. The highest BCUT2D eigenvalue weighted by Crippen LogP contribution is 2.36. The van der Waals surface area contributed by atoms with Gasteiger partial charge in [-0.15, -0.1) is 0 Å². The van der Waals surface area contributed by atoms with Gasteiger partial charge in [0, 0.05) is 12.1 Å². The molecule has 0 radical (unpaired) electrons. The zero-order valence-electron chi connectivity index (χ0n) is 10.3. The van der Waals surface area contributed by atoms with E-state index in [1.165, 1.54) is 0 Å². The van der Waals surface area contributed by atoms with Crippen LogP contribution in [0, 0.1) is 0 Å². The van der Waals surface area contributed by atoms with Crippen LogP contribution in [0.1, 0.15) is 46.5 Å². The Hall–Kier alpha value is -0.770. The minimum absolute atomic E-state index is 0.184. The fourth-order valence-corrected chi connectivity index (χ4v) is 2.76. The Morgan fingerprint density at radius 2 is 1.75 bits per heavy atom. The molecule has 2 rings (SSSR count). The summed E-state index contributed by atoms with van der Waals surface area (Å²) in [6.07, 6.45) is 2.95. The van der Waals surface area contributed by atoms with E-state index in [9.17, 15) is 9.90 Å². The lowest BCUT2D eigenvalue weighted by Crippen LogP contribution is -2.49. The van der Waals surface area contributed by atoms with Crippen LogP contribution in [0.4, 0.5) is 4.79 Å². The van der Waals surface area contributed by atoms with Gasteiger partial charge in [-0.05, 0) is 46.5 Å². The third-order valence-electron chi connectivity index (χ3n) is 3.31. The second-order valence-electron chi connectivity index (χ2n) is 5.90. The van der Waals surface area contributed by atoms with Crippen LogP contribution in [0.15, 0.2) is 0 Å². The maximum absolute atomic E-state index is 12.0. The summed E-state index contributed by atoms with van der Waals surface area (Å²) in [5, 5.41) is 9.64. The summed E-state index contributed by atoms with van der Waals surface area (Å²) in [4.78, 5) is 13.8. The normalized spacial score (nSPS) is 34.0. The number of aliphatic hydroxyl groups excluding tert-OH is 1. The molecule has 92 valence electrons. The molecule has 2 unspecified atom stereocenters.